The van der Waals surface area contributed by atoms with Crippen LogP contribution in [0.5, 0.6) is 0 Å². The lowest BCUT2D eigenvalue weighted by Gasteiger charge is -1.95. The maximum Gasteiger partial charge on any atom is 0.288 e. The van der Waals surface area contributed by atoms with Gasteiger partial charge in [-0.3, -0.25) is 19.2 Å². The van der Waals surface area contributed by atoms with E-state index in [1.54, 1.807) is 20.8 Å². The highest BCUT2D eigenvalue weighted by atomic mass is 16.2. The van der Waals surface area contributed by atoms with Crippen LogP contribution in [0.15, 0.2) is 0 Å². The normalized spacial score (nSPS) is 7.33. The second-order valence-corrected chi connectivity index (χ2v) is 3.72. The zero-order valence-electron chi connectivity index (χ0n) is 14.8. The number of aliphatic hydroxyl groups excluding tert-OH is 1. The Morgan fingerprint density at radius 1 is 1.00 bits per heavy atom. The molecule has 0 saturated heterocycles. The van der Waals surface area contributed by atoms with Crippen molar-refractivity contribution < 1.29 is 24.3 Å². The first-order valence-corrected chi connectivity index (χ1v) is 7.26. The Morgan fingerprint density at radius 3 is 1.54 bits per heavy atom. The van der Waals surface area contributed by atoms with Gasteiger partial charge in [-0.15, -0.1) is 12.8 Å². The molecule has 1 amide bonds. The number of hydrogen-bond donors (Lipinski definition) is 3. The fourth-order valence-electron chi connectivity index (χ4n) is 0.639. The van der Waals surface area contributed by atoms with Crippen molar-refractivity contribution in [3.63, 3.8) is 0 Å². The molecule has 0 unspecified atom stereocenters. The molecule has 0 spiro atoms. The van der Waals surface area contributed by atoms with Crippen LogP contribution in [0.1, 0.15) is 40.5 Å². The number of Topliss-reactive ketones (excluding diaryl/α,β-unsaturated/α-hetero) is 3. The maximum atomic E-state index is 10.6. The lowest BCUT2D eigenvalue weighted by atomic mass is 10.2. The van der Waals surface area contributed by atoms with E-state index in [0.717, 1.165) is 0 Å². The van der Waals surface area contributed by atoms with Crippen LogP contribution in [0.3, 0.4) is 0 Å². The summed E-state index contributed by atoms with van der Waals surface area (Å²) in [5.74, 6) is 2.73. The van der Waals surface area contributed by atoms with Gasteiger partial charge in [-0.1, -0.05) is 25.7 Å². The third-order valence-corrected chi connectivity index (χ3v) is 1.76. The van der Waals surface area contributed by atoms with E-state index in [0.29, 0.717) is 13.0 Å². The second-order valence-electron chi connectivity index (χ2n) is 3.72. The highest BCUT2D eigenvalue weighted by molar-refractivity contribution is 6.36. The van der Waals surface area contributed by atoms with Gasteiger partial charge >= 0.3 is 0 Å². The molecule has 0 fully saturated rings. The number of ketones is 3. The van der Waals surface area contributed by atoms with Crippen LogP contribution in [0, 0.1) is 24.7 Å². The summed E-state index contributed by atoms with van der Waals surface area (Å²) in [6.07, 6.45) is 10.0. The molecule has 0 aliphatic carbocycles. The number of carbonyl (C=O) groups is 4. The van der Waals surface area contributed by atoms with Crippen LogP contribution in [-0.2, 0) is 19.2 Å². The Kier molecular flexibility index (Phi) is 31.3. The van der Waals surface area contributed by atoms with E-state index in [2.05, 4.69) is 23.6 Å². The Hall–Kier alpha value is -2.48. The molecule has 0 aliphatic heterocycles. The molecule has 136 valence electrons. The summed E-state index contributed by atoms with van der Waals surface area (Å²) < 4.78 is 0. The molecule has 0 atom stereocenters. The van der Waals surface area contributed by atoms with E-state index in [1.807, 2.05) is 0 Å². The number of carbonyl (C=O) groups excluding carboxylic acids is 4. The number of amides is 1. The van der Waals surface area contributed by atoms with Crippen molar-refractivity contribution in [2.45, 2.75) is 40.5 Å². The van der Waals surface area contributed by atoms with Gasteiger partial charge in [0.1, 0.15) is 0 Å². The second kappa shape index (κ2) is 25.5. The molecule has 0 aromatic carbocycles. The quantitative estimate of drug-likeness (QED) is 0.472. The number of terminal acetylenes is 2. The highest BCUT2D eigenvalue weighted by Crippen LogP contribution is 1.79. The topological polar surface area (TPSA) is 127 Å². The van der Waals surface area contributed by atoms with E-state index in [-0.39, 0.29) is 31.1 Å². The molecule has 7 heteroatoms. The fourth-order valence-corrected chi connectivity index (χ4v) is 0.639. The lowest BCUT2D eigenvalue weighted by Crippen LogP contribution is -2.30. The van der Waals surface area contributed by atoms with Crippen molar-refractivity contribution in [1.82, 2.24) is 5.32 Å². The first-order valence-electron chi connectivity index (χ1n) is 7.26. The standard InChI is InChI=1S/C7H9NO2.C5H8O2.C3H5N.C2H6O/c1-3-5-8-7(10)6(9)4-2;1-3-5(7)4(2)6;1-2-3-4;1-2-3/h1H,4-5H2,2H3,(H,8,10);3H2,1-2H3;1H,3-4H2;3H,2H2,1H3. The van der Waals surface area contributed by atoms with Crippen LogP contribution in [-0.4, -0.2) is 48.1 Å². The van der Waals surface area contributed by atoms with Crippen LogP contribution in [0.2, 0.25) is 0 Å². The van der Waals surface area contributed by atoms with Gasteiger partial charge in [-0.05, 0) is 6.92 Å². The van der Waals surface area contributed by atoms with Crippen molar-refractivity contribution in [2.24, 2.45) is 5.73 Å². The smallest absolute Gasteiger partial charge is 0.288 e. The van der Waals surface area contributed by atoms with Crippen molar-refractivity contribution in [2.75, 3.05) is 19.7 Å². The molecular weight excluding hydrogens is 312 g/mol. The molecule has 0 bridgehead atoms. The molecule has 0 aromatic rings. The first kappa shape index (κ1) is 29.5. The number of hydrogen-bond acceptors (Lipinski definition) is 6. The highest BCUT2D eigenvalue weighted by Gasteiger charge is 2.07. The minimum atomic E-state index is -0.597. The minimum absolute atomic E-state index is 0.116. The third-order valence-electron chi connectivity index (χ3n) is 1.76. The molecule has 4 N–H and O–H groups in total. The Bertz CT molecular complexity index is 445. The fraction of sp³-hybridized carbons (Fsp3) is 0.529. The molecule has 7 nitrogen and oxygen atoms in total. The van der Waals surface area contributed by atoms with Gasteiger partial charge in [-0.2, -0.15) is 0 Å². The molecule has 0 saturated carbocycles. The number of aliphatic hydroxyl groups is 1. The summed E-state index contributed by atoms with van der Waals surface area (Å²) in [5.41, 5.74) is 4.79. The van der Waals surface area contributed by atoms with Gasteiger partial charge in [0, 0.05) is 26.4 Å². The zero-order valence-corrected chi connectivity index (χ0v) is 14.8. The van der Waals surface area contributed by atoms with Crippen molar-refractivity contribution >= 4 is 23.3 Å². The number of nitrogens with one attached hydrogen (secondary N) is 1. The number of nitrogens with two attached hydrogens (primary N) is 1. The minimum Gasteiger partial charge on any atom is -0.397 e. The van der Waals surface area contributed by atoms with Gasteiger partial charge in [0.05, 0.1) is 13.1 Å². The van der Waals surface area contributed by atoms with Crippen molar-refractivity contribution in [1.29, 1.82) is 0 Å². The zero-order chi connectivity index (χ0) is 20.0. The van der Waals surface area contributed by atoms with E-state index >= 15 is 0 Å². The SMILES string of the molecule is C#CCN.C#CCNC(=O)C(=O)CC.CCC(=O)C(C)=O.CCO. The predicted molar refractivity (Wildman–Crippen MR) is 93.8 cm³/mol. The van der Waals surface area contributed by atoms with Gasteiger partial charge in [-0.25, -0.2) is 0 Å². The van der Waals surface area contributed by atoms with Crippen molar-refractivity contribution in [3.8, 4) is 24.7 Å². The summed E-state index contributed by atoms with van der Waals surface area (Å²) in [5, 5.41) is 9.83. The van der Waals surface area contributed by atoms with Crippen LogP contribution in [0.4, 0.5) is 0 Å². The van der Waals surface area contributed by atoms with E-state index in [9.17, 15) is 19.2 Å². The lowest BCUT2D eigenvalue weighted by molar-refractivity contribution is -0.137. The monoisotopic (exact) mass is 340 g/mol. The average Bonchev–Trinajstić information content (AvgIpc) is 2.59. The Balaban J connectivity index is -0.000000124. The van der Waals surface area contributed by atoms with Gasteiger partial charge in [0.15, 0.2) is 11.6 Å². The third kappa shape index (κ3) is 31.8. The summed E-state index contributed by atoms with van der Waals surface area (Å²) in [6.45, 7) is 6.97. The van der Waals surface area contributed by atoms with Crippen LogP contribution < -0.4 is 11.1 Å². The Morgan fingerprint density at radius 2 is 1.38 bits per heavy atom. The number of rotatable bonds is 5. The maximum absolute atomic E-state index is 10.6. The predicted octanol–water partition coefficient (Wildman–Crippen LogP) is -0.154. The summed E-state index contributed by atoms with van der Waals surface area (Å²) in [7, 11) is 0. The largest absolute Gasteiger partial charge is 0.397 e. The first-order chi connectivity index (χ1) is 11.2. The summed E-state index contributed by atoms with van der Waals surface area (Å²) >= 11 is 0. The summed E-state index contributed by atoms with van der Waals surface area (Å²) in [4.78, 5) is 41.3. The molecule has 0 aliphatic rings. The van der Waals surface area contributed by atoms with Gasteiger partial charge in [0.2, 0.25) is 5.78 Å². The molecule has 0 rings (SSSR count). The van der Waals surface area contributed by atoms with Gasteiger partial charge < -0.3 is 16.2 Å². The van der Waals surface area contributed by atoms with E-state index in [4.69, 9.17) is 17.3 Å². The molecule has 0 radical (unpaired) electrons. The van der Waals surface area contributed by atoms with Crippen molar-refractivity contribution in [3.05, 3.63) is 0 Å². The molecule has 0 aromatic heterocycles. The van der Waals surface area contributed by atoms with Crippen LogP contribution in [0.25, 0.3) is 0 Å². The van der Waals surface area contributed by atoms with E-state index < -0.39 is 11.7 Å². The van der Waals surface area contributed by atoms with Gasteiger partial charge in [0.25, 0.3) is 5.91 Å². The Labute approximate surface area is 144 Å². The average molecular weight is 340 g/mol. The molecule has 24 heavy (non-hydrogen) atoms. The molecule has 0 heterocycles. The molecular formula is C17H28N2O5. The summed E-state index contributed by atoms with van der Waals surface area (Å²) in [6, 6.07) is 0. The van der Waals surface area contributed by atoms with E-state index in [1.165, 1.54) is 6.92 Å². The van der Waals surface area contributed by atoms with Crippen LogP contribution >= 0.6 is 0 Å².